The maximum absolute atomic E-state index is 12.9. The topological polar surface area (TPSA) is 67.2 Å². The molecule has 124 valence electrons. The van der Waals surface area contributed by atoms with Crippen molar-refractivity contribution in [3.05, 3.63) is 52.3 Å². The summed E-state index contributed by atoms with van der Waals surface area (Å²) in [5, 5.41) is 16.2. The van der Waals surface area contributed by atoms with Gasteiger partial charge in [-0.1, -0.05) is 29.8 Å². The van der Waals surface area contributed by atoms with Gasteiger partial charge in [-0.2, -0.15) is 18.3 Å². The Morgan fingerprint density at radius 2 is 2.09 bits per heavy atom. The highest BCUT2D eigenvalue weighted by Gasteiger charge is 2.34. The summed E-state index contributed by atoms with van der Waals surface area (Å²) < 4.78 is 40.0. The van der Waals surface area contributed by atoms with Gasteiger partial charge in [-0.05, 0) is 11.6 Å². The Labute approximate surface area is 134 Å². The lowest BCUT2D eigenvalue weighted by molar-refractivity contribution is -0.139. The second kappa shape index (κ2) is 6.59. The lowest BCUT2D eigenvalue weighted by Crippen LogP contribution is -2.30. The number of carbonyl (C=O) groups is 1. The zero-order chi connectivity index (χ0) is 17.2. The van der Waals surface area contributed by atoms with E-state index in [9.17, 15) is 23.1 Å². The van der Waals surface area contributed by atoms with Gasteiger partial charge >= 0.3 is 6.18 Å². The largest absolute Gasteiger partial charge is 0.416 e. The van der Waals surface area contributed by atoms with Crippen LogP contribution >= 0.6 is 11.6 Å². The number of halogens is 4. The van der Waals surface area contributed by atoms with E-state index in [4.69, 9.17) is 11.6 Å². The first kappa shape index (κ1) is 17.3. The number of hydrogen-bond acceptors (Lipinski definition) is 3. The minimum atomic E-state index is -4.59. The van der Waals surface area contributed by atoms with Crippen LogP contribution in [0.4, 0.5) is 13.2 Å². The molecular formula is C14H13ClF3N3O2. The second-order valence-electron chi connectivity index (χ2n) is 4.78. The number of carbonyl (C=O) groups excluding carboxylic acids is 1. The molecule has 2 aromatic rings. The first-order chi connectivity index (χ1) is 10.7. The van der Waals surface area contributed by atoms with Crippen LogP contribution in [0.3, 0.4) is 0 Å². The Morgan fingerprint density at radius 1 is 1.43 bits per heavy atom. The Bertz CT molecular complexity index is 696. The molecule has 0 spiro atoms. The molecule has 1 unspecified atom stereocenters. The van der Waals surface area contributed by atoms with Crippen molar-refractivity contribution in [3.8, 4) is 0 Å². The molecule has 0 aliphatic rings. The van der Waals surface area contributed by atoms with Crippen molar-refractivity contribution in [1.29, 1.82) is 0 Å². The minimum absolute atomic E-state index is 0.0583. The van der Waals surface area contributed by atoms with Crippen molar-refractivity contribution in [1.82, 2.24) is 15.1 Å². The van der Waals surface area contributed by atoms with Crippen molar-refractivity contribution < 1.29 is 23.1 Å². The third-order valence-corrected chi connectivity index (χ3v) is 3.47. The highest BCUT2D eigenvalue weighted by molar-refractivity contribution is 6.33. The molecule has 5 nitrogen and oxygen atoms in total. The first-order valence-electron chi connectivity index (χ1n) is 6.51. The number of amides is 1. The van der Waals surface area contributed by atoms with Crippen LogP contribution in [0.2, 0.25) is 5.02 Å². The van der Waals surface area contributed by atoms with Crippen molar-refractivity contribution in [2.45, 2.75) is 12.3 Å². The van der Waals surface area contributed by atoms with E-state index in [1.165, 1.54) is 30.1 Å². The molecule has 1 aromatic carbocycles. The molecular weight excluding hydrogens is 335 g/mol. The number of aromatic nitrogens is 2. The smallest absolute Gasteiger partial charge is 0.387 e. The van der Waals surface area contributed by atoms with Gasteiger partial charge in [-0.25, -0.2) is 0 Å². The molecule has 9 heteroatoms. The van der Waals surface area contributed by atoms with E-state index in [0.717, 1.165) is 12.1 Å². The second-order valence-corrected chi connectivity index (χ2v) is 5.18. The molecule has 23 heavy (non-hydrogen) atoms. The third-order valence-electron chi connectivity index (χ3n) is 3.19. The van der Waals surface area contributed by atoms with Gasteiger partial charge in [0, 0.05) is 13.6 Å². The summed E-state index contributed by atoms with van der Waals surface area (Å²) >= 11 is 5.80. The fourth-order valence-corrected chi connectivity index (χ4v) is 2.35. The summed E-state index contributed by atoms with van der Waals surface area (Å²) in [6.07, 6.45) is -4.83. The predicted octanol–water partition coefficient (Wildman–Crippen LogP) is 2.56. The van der Waals surface area contributed by atoms with E-state index in [1.54, 1.807) is 0 Å². The number of aliphatic hydroxyl groups is 1. The first-order valence-corrected chi connectivity index (χ1v) is 6.89. The molecule has 0 radical (unpaired) electrons. The monoisotopic (exact) mass is 347 g/mol. The van der Waals surface area contributed by atoms with Gasteiger partial charge in [-0.15, -0.1) is 0 Å². The van der Waals surface area contributed by atoms with Crippen molar-refractivity contribution in [2.24, 2.45) is 7.05 Å². The zero-order valence-corrected chi connectivity index (χ0v) is 12.7. The fraction of sp³-hybridized carbons (Fsp3) is 0.286. The van der Waals surface area contributed by atoms with E-state index < -0.39 is 30.3 Å². The molecule has 1 atom stereocenters. The van der Waals surface area contributed by atoms with Crippen molar-refractivity contribution in [2.75, 3.05) is 6.54 Å². The van der Waals surface area contributed by atoms with E-state index in [0.29, 0.717) is 0 Å². The number of alkyl halides is 3. The highest BCUT2D eigenvalue weighted by Crippen LogP contribution is 2.34. The average Bonchev–Trinajstić information content (AvgIpc) is 2.82. The van der Waals surface area contributed by atoms with Gasteiger partial charge < -0.3 is 10.4 Å². The van der Waals surface area contributed by atoms with Crippen molar-refractivity contribution >= 4 is 17.5 Å². The molecule has 0 aliphatic heterocycles. The van der Waals surface area contributed by atoms with Crippen LogP contribution in [0, 0.1) is 0 Å². The lowest BCUT2D eigenvalue weighted by atomic mass is 10.0. The summed E-state index contributed by atoms with van der Waals surface area (Å²) in [6, 6.07) is 4.65. The Kier molecular flexibility index (Phi) is 4.96. The van der Waals surface area contributed by atoms with Gasteiger partial charge in [0.05, 0.1) is 22.9 Å². The summed E-state index contributed by atoms with van der Waals surface area (Å²) in [6.45, 7) is -0.395. The molecule has 0 saturated heterocycles. The minimum Gasteiger partial charge on any atom is -0.387 e. The molecule has 1 heterocycles. The molecule has 0 fully saturated rings. The van der Waals surface area contributed by atoms with E-state index in [-0.39, 0.29) is 16.3 Å². The Morgan fingerprint density at radius 3 is 2.65 bits per heavy atom. The van der Waals surface area contributed by atoms with Gasteiger partial charge in [-0.3, -0.25) is 9.48 Å². The number of aryl methyl sites for hydroxylation is 1. The van der Waals surface area contributed by atoms with Crippen LogP contribution in [0.5, 0.6) is 0 Å². The summed E-state index contributed by atoms with van der Waals surface area (Å²) in [5.74, 6) is -0.640. The number of nitrogens with one attached hydrogen (secondary N) is 1. The lowest BCUT2D eigenvalue weighted by Gasteiger charge is -2.18. The highest BCUT2D eigenvalue weighted by atomic mass is 35.5. The zero-order valence-electron chi connectivity index (χ0n) is 11.9. The predicted molar refractivity (Wildman–Crippen MR) is 77.0 cm³/mol. The van der Waals surface area contributed by atoms with Crippen LogP contribution in [0.25, 0.3) is 0 Å². The van der Waals surface area contributed by atoms with Crippen LogP contribution in [-0.2, 0) is 13.2 Å². The van der Waals surface area contributed by atoms with Gasteiger partial charge in [0.25, 0.3) is 5.91 Å². The number of hydrogen-bond donors (Lipinski definition) is 2. The summed E-state index contributed by atoms with van der Waals surface area (Å²) in [5.41, 5.74) is -1.19. The molecule has 0 bridgehead atoms. The maximum Gasteiger partial charge on any atom is 0.416 e. The third kappa shape index (κ3) is 3.83. The maximum atomic E-state index is 12.9. The number of nitrogens with zero attached hydrogens (tertiary/aromatic N) is 2. The standard InChI is InChI=1S/C14H13ClF3N3O2/c1-21-12(10(15)6-20-21)13(23)19-7-11(22)8-4-2-3-5-9(8)14(16,17)18/h2-6,11,22H,7H2,1H3,(H,19,23). The van der Waals surface area contributed by atoms with Crippen LogP contribution < -0.4 is 5.32 Å². The summed E-state index contributed by atoms with van der Waals surface area (Å²) in [7, 11) is 1.50. The Balaban J connectivity index is 2.12. The summed E-state index contributed by atoms with van der Waals surface area (Å²) in [4.78, 5) is 12.0. The van der Waals surface area contributed by atoms with E-state index >= 15 is 0 Å². The number of aliphatic hydroxyl groups excluding tert-OH is 1. The fourth-order valence-electron chi connectivity index (χ4n) is 2.09. The van der Waals surface area contributed by atoms with Gasteiger partial charge in [0.1, 0.15) is 5.69 Å². The molecule has 2 rings (SSSR count). The molecule has 1 aromatic heterocycles. The quantitative estimate of drug-likeness (QED) is 0.893. The Hall–Kier alpha value is -2.06. The van der Waals surface area contributed by atoms with Gasteiger partial charge in [0.2, 0.25) is 0 Å². The molecule has 2 N–H and O–H groups in total. The van der Waals surface area contributed by atoms with Crippen LogP contribution in [0.15, 0.2) is 30.5 Å². The molecule has 0 aliphatic carbocycles. The molecule has 1 amide bonds. The van der Waals surface area contributed by atoms with E-state index in [2.05, 4.69) is 10.4 Å². The number of rotatable bonds is 4. The van der Waals surface area contributed by atoms with Crippen LogP contribution in [-0.4, -0.2) is 27.3 Å². The normalized spacial score (nSPS) is 13.0. The molecule has 0 saturated carbocycles. The number of benzene rings is 1. The van der Waals surface area contributed by atoms with Crippen LogP contribution in [0.1, 0.15) is 27.7 Å². The average molecular weight is 348 g/mol. The van der Waals surface area contributed by atoms with E-state index in [1.807, 2.05) is 0 Å². The van der Waals surface area contributed by atoms with Crippen molar-refractivity contribution in [3.63, 3.8) is 0 Å². The SMILES string of the molecule is Cn1ncc(Cl)c1C(=O)NCC(O)c1ccccc1C(F)(F)F. The van der Waals surface area contributed by atoms with Gasteiger partial charge in [0.15, 0.2) is 0 Å².